The van der Waals surface area contributed by atoms with Gasteiger partial charge in [-0.2, -0.15) is 0 Å². The molecule has 0 saturated carbocycles. The molecule has 1 saturated heterocycles. The van der Waals surface area contributed by atoms with Gasteiger partial charge in [-0.3, -0.25) is 29.4 Å². The van der Waals surface area contributed by atoms with Gasteiger partial charge in [-0.25, -0.2) is 4.79 Å². The van der Waals surface area contributed by atoms with Crippen molar-refractivity contribution in [2.24, 2.45) is 0 Å². The van der Waals surface area contributed by atoms with Gasteiger partial charge in [0.15, 0.2) is 0 Å². The highest BCUT2D eigenvalue weighted by Crippen LogP contribution is 2.30. The van der Waals surface area contributed by atoms with E-state index in [1.54, 1.807) is 38.4 Å². The summed E-state index contributed by atoms with van der Waals surface area (Å²) >= 11 is 0. The monoisotopic (exact) mass is 439 g/mol. The fourth-order valence-electron chi connectivity index (χ4n) is 3.25. The zero-order valence-electron chi connectivity index (χ0n) is 17.6. The number of hydrogen-bond acceptors (Lipinski definition) is 6. The van der Waals surface area contributed by atoms with Crippen molar-refractivity contribution in [2.45, 2.75) is 12.5 Å². The second kappa shape index (κ2) is 8.46. The Morgan fingerprint density at radius 2 is 1.69 bits per heavy atom. The van der Waals surface area contributed by atoms with Crippen molar-refractivity contribution in [3.8, 4) is 0 Å². The summed E-state index contributed by atoms with van der Waals surface area (Å²) in [5, 5.41) is 16.0. The van der Waals surface area contributed by atoms with Gasteiger partial charge in [-0.15, -0.1) is 0 Å². The Morgan fingerprint density at radius 1 is 1.09 bits per heavy atom. The number of hydrogen-bond donors (Lipinski definition) is 2. The summed E-state index contributed by atoms with van der Waals surface area (Å²) in [6.45, 7) is 0.943. The Balaban J connectivity index is 1.69. The molecule has 0 radical (unpaired) electrons. The fraction of sp³-hybridized carbons (Fsp3) is 0.238. The first-order valence-corrected chi connectivity index (χ1v) is 9.53. The summed E-state index contributed by atoms with van der Waals surface area (Å²) in [6, 6.07) is 10.7. The number of benzene rings is 2. The Labute approximate surface area is 183 Å². The van der Waals surface area contributed by atoms with Crippen LogP contribution in [0.4, 0.5) is 16.2 Å². The van der Waals surface area contributed by atoms with Gasteiger partial charge >= 0.3 is 6.03 Å². The molecule has 1 aliphatic rings. The van der Waals surface area contributed by atoms with E-state index in [-0.39, 0.29) is 11.6 Å². The van der Waals surface area contributed by atoms with Crippen LogP contribution in [0.15, 0.2) is 48.5 Å². The lowest BCUT2D eigenvalue weighted by Crippen LogP contribution is -2.42. The van der Waals surface area contributed by atoms with Crippen molar-refractivity contribution in [2.75, 3.05) is 26.0 Å². The molecular formula is C21H21N5O6. The lowest BCUT2D eigenvalue weighted by molar-refractivity contribution is -0.384. The summed E-state index contributed by atoms with van der Waals surface area (Å²) in [5.74, 6) is -1.45. The van der Waals surface area contributed by atoms with Crippen LogP contribution >= 0.6 is 0 Å². The van der Waals surface area contributed by atoms with E-state index in [0.717, 1.165) is 4.90 Å². The van der Waals surface area contributed by atoms with Crippen LogP contribution in [0.25, 0.3) is 0 Å². The van der Waals surface area contributed by atoms with Crippen molar-refractivity contribution in [1.82, 2.24) is 15.1 Å². The third kappa shape index (κ3) is 4.26. The van der Waals surface area contributed by atoms with Gasteiger partial charge in [0, 0.05) is 37.5 Å². The molecule has 1 aliphatic heterocycles. The molecule has 11 heteroatoms. The molecule has 2 N–H and O–H groups in total. The van der Waals surface area contributed by atoms with Gasteiger partial charge in [-0.1, -0.05) is 0 Å². The Bertz CT molecular complexity index is 1100. The largest absolute Gasteiger partial charge is 0.345 e. The lowest BCUT2D eigenvalue weighted by atomic mass is 9.92. The zero-order valence-corrected chi connectivity index (χ0v) is 17.6. The van der Waals surface area contributed by atoms with Crippen molar-refractivity contribution in [1.29, 1.82) is 0 Å². The van der Waals surface area contributed by atoms with Crippen LogP contribution < -0.4 is 10.6 Å². The van der Waals surface area contributed by atoms with E-state index in [0.29, 0.717) is 16.8 Å². The van der Waals surface area contributed by atoms with E-state index in [4.69, 9.17) is 0 Å². The number of rotatable bonds is 6. The van der Waals surface area contributed by atoms with Crippen molar-refractivity contribution >= 4 is 35.1 Å². The molecule has 166 valence electrons. The van der Waals surface area contributed by atoms with Gasteiger partial charge < -0.3 is 15.5 Å². The molecule has 5 amide bonds. The molecule has 0 spiro atoms. The summed E-state index contributed by atoms with van der Waals surface area (Å²) in [6.07, 6.45) is 0. The molecule has 2 aromatic rings. The normalized spacial score (nSPS) is 17.7. The van der Waals surface area contributed by atoms with Crippen molar-refractivity contribution in [3.63, 3.8) is 0 Å². The van der Waals surface area contributed by atoms with E-state index in [2.05, 4.69) is 10.6 Å². The molecule has 32 heavy (non-hydrogen) atoms. The third-order valence-electron chi connectivity index (χ3n) is 5.05. The maximum atomic E-state index is 12.9. The number of amides is 5. The van der Waals surface area contributed by atoms with Crippen LogP contribution in [0.1, 0.15) is 22.8 Å². The SMILES string of the molecule is CN(C)C(=O)c1ccc(NC(=O)CN2C(=O)N[C@](C)(c3ccc([N+](=O)[O-])cc3)C2=O)cc1. The minimum atomic E-state index is -1.46. The molecule has 0 aliphatic carbocycles. The van der Waals surface area contributed by atoms with Gasteiger partial charge in [0.2, 0.25) is 5.91 Å². The number of nitrogens with zero attached hydrogens (tertiary/aromatic N) is 3. The number of non-ortho nitro benzene ring substituents is 1. The molecule has 1 fully saturated rings. The summed E-state index contributed by atoms with van der Waals surface area (Å²) in [4.78, 5) is 62.1. The molecule has 1 atom stereocenters. The molecule has 3 rings (SSSR count). The van der Waals surface area contributed by atoms with Crippen LogP contribution in [0.5, 0.6) is 0 Å². The number of anilines is 1. The van der Waals surface area contributed by atoms with E-state index in [1.165, 1.54) is 36.1 Å². The lowest BCUT2D eigenvalue weighted by Gasteiger charge is -2.22. The number of imide groups is 1. The van der Waals surface area contributed by atoms with Crippen LogP contribution in [0, 0.1) is 10.1 Å². The Morgan fingerprint density at radius 3 is 2.22 bits per heavy atom. The predicted molar refractivity (Wildman–Crippen MR) is 114 cm³/mol. The van der Waals surface area contributed by atoms with E-state index >= 15 is 0 Å². The molecule has 0 unspecified atom stereocenters. The molecule has 2 aromatic carbocycles. The third-order valence-corrected chi connectivity index (χ3v) is 5.05. The number of carbonyl (C=O) groups is 4. The quantitative estimate of drug-likeness (QED) is 0.399. The van der Waals surface area contributed by atoms with Crippen LogP contribution in [-0.4, -0.2) is 59.1 Å². The van der Waals surface area contributed by atoms with Gasteiger partial charge in [0.05, 0.1) is 4.92 Å². The topological polar surface area (TPSA) is 142 Å². The van der Waals surface area contributed by atoms with Crippen LogP contribution in [0.3, 0.4) is 0 Å². The Hall–Kier alpha value is -4.28. The molecule has 1 heterocycles. The van der Waals surface area contributed by atoms with Crippen molar-refractivity contribution < 1.29 is 24.1 Å². The number of urea groups is 1. The maximum Gasteiger partial charge on any atom is 0.325 e. The average molecular weight is 439 g/mol. The number of carbonyl (C=O) groups excluding carboxylic acids is 4. The number of nitrogens with one attached hydrogen (secondary N) is 2. The summed E-state index contributed by atoms with van der Waals surface area (Å²) < 4.78 is 0. The van der Waals surface area contributed by atoms with Gasteiger partial charge in [0.25, 0.3) is 17.5 Å². The highest BCUT2D eigenvalue weighted by Gasteiger charge is 2.49. The van der Waals surface area contributed by atoms with Gasteiger partial charge in [-0.05, 0) is 48.9 Å². The number of nitro benzene ring substituents is 1. The van der Waals surface area contributed by atoms with E-state index in [9.17, 15) is 29.3 Å². The minimum absolute atomic E-state index is 0.149. The van der Waals surface area contributed by atoms with Gasteiger partial charge in [0.1, 0.15) is 12.1 Å². The first kappa shape index (κ1) is 22.4. The predicted octanol–water partition coefficient (Wildman–Crippen LogP) is 1.70. The average Bonchev–Trinajstić information content (AvgIpc) is 2.97. The minimum Gasteiger partial charge on any atom is -0.345 e. The molecule has 11 nitrogen and oxygen atoms in total. The highest BCUT2D eigenvalue weighted by atomic mass is 16.6. The van der Waals surface area contributed by atoms with Crippen LogP contribution in [0.2, 0.25) is 0 Å². The summed E-state index contributed by atoms with van der Waals surface area (Å²) in [5.41, 5.74) is -0.411. The summed E-state index contributed by atoms with van der Waals surface area (Å²) in [7, 11) is 3.25. The smallest absolute Gasteiger partial charge is 0.325 e. The first-order valence-electron chi connectivity index (χ1n) is 9.53. The highest BCUT2D eigenvalue weighted by molar-refractivity contribution is 6.10. The zero-order chi connectivity index (χ0) is 23.6. The second-order valence-electron chi connectivity index (χ2n) is 7.58. The molecular weight excluding hydrogens is 418 g/mol. The molecule has 0 bridgehead atoms. The number of nitro groups is 1. The first-order chi connectivity index (χ1) is 15.0. The second-order valence-corrected chi connectivity index (χ2v) is 7.58. The van der Waals surface area contributed by atoms with Crippen molar-refractivity contribution in [3.05, 3.63) is 69.8 Å². The molecule has 0 aromatic heterocycles. The fourth-order valence-corrected chi connectivity index (χ4v) is 3.25. The van der Waals surface area contributed by atoms with Crippen LogP contribution in [-0.2, 0) is 15.1 Å². The van der Waals surface area contributed by atoms with E-state index in [1.807, 2.05) is 0 Å². The Kier molecular flexibility index (Phi) is 5.92. The van der Waals surface area contributed by atoms with E-state index < -0.39 is 34.9 Å². The standard InChI is InChI=1S/C21H21N5O6/c1-21(14-6-10-16(11-7-14)26(31)32)19(29)25(20(30)23-21)12-17(27)22-15-8-4-13(5-9-15)18(28)24(2)3/h4-11H,12H2,1-3H3,(H,22,27)(H,23,30)/t21-/m1/s1. The maximum absolute atomic E-state index is 12.9.